The molecule has 0 heterocycles. The topological polar surface area (TPSA) is 143 Å². The van der Waals surface area contributed by atoms with Crippen LogP contribution in [0.15, 0.2) is 97.1 Å². The molecule has 10 aliphatic carbocycles. The summed E-state index contributed by atoms with van der Waals surface area (Å²) < 4.78 is 0. The van der Waals surface area contributed by atoms with E-state index in [0.29, 0.717) is 121 Å². The fourth-order valence-corrected chi connectivity index (χ4v) is 22.0. The third kappa shape index (κ3) is 12.5. The number of benzene rings is 4. The smallest absolute Gasteiger partial charge is 0.303 e. The molecule has 8 heteroatoms. The predicted molar refractivity (Wildman–Crippen MR) is 364 cm³/mol. The van der Waals surface area contributed by atoms with E-state index in [1.165, 1.54) is 44.5 Å². The van der Waals surface area contributed by atoms with E-state index in [2.05, 4.69) is 166 Å². The molecule has 0 aromatic heterocycles. The Morgan fingerprint density at radius 3 is 1.37 bits per heavy atom. The number of Topliss-reactive ketones (excluding diaryl/α,β-unsaturated/α-hetero) is 4. The number of carbonyl (C=O) groups excluding carboxylic acids is 4. The van der Waals surface area contributed by atoms with Crippen LogP contribution >= 0.6 is 0 Å². The van der Waals surface area contributed by atoms with Gasteiger partial charge in [-0.05, 0) is 214 Å². The van der Waals surface area contributed by atoms with Gasteiger partial charge in [0.15, 0.2) is 0 Å². The third-order valence-corrected chi connectivity index (χ3v) is 26.9. The fourth-order valence-electron chi connectivity index (χ4n) is 22.0. The predicted octanol–water partition coefficient (Wildman–Crippen LogP) is 19.6. The van der Waals surface area contributed by atoms with E-state index >= 15 is 0 Å². The van der Waals surface area contributed by atoms with Crippen LogP contribution in [0.5, 0.6) is 0 Å². The number of fused-ring (bicyclic) bond motifs is 16. The quantitative estimate of drug-likeness (QED) is 0.153. The summed E-state index contributed by atoms with van der Waals surface area (Å²) in [6.45, 7) is 31.4. The lowest BCUT2D eigenvalue weighted by Crippen LogP contribution is -2.62. The SMILES string of the molecule is CC.CC.C[C@H](CCC(=O)O)[C@H]1CC[C@H]2[C@@H]3C(=O)CC4CC(=O)CC[C@]4(C)[C@H]3CC(C)(C)[C@]12C.C[C@H](CCC(=O)O)[C@H]1CC[C@H]2[C@H]3[C@H](CC(=O)[C@]12C)[C@@]1(C)CCC(=O)CC1CC3(C)C.c1ccc2c(c1)Cc1ccccc1-2.c1ccc2c(c1)Cc1ccccc1-2. The molecule has 0 amide bonds. The number of carboxylic acids is 2. The van der Waals surface area contributed by atoms with E-state index < -0.39 is 11.9 Å². The van der Waals surface area contributed by atoms with Crippen molar-refractivity contribution in [2.75, 3.05) is 0 Å². The second-order valence-electron chi connectivity index (χ2n) is 31.7. The minimum absolute atomic E-state index is 0.0649. The Kier molecular flexibility index (Phi) is 20.8. The monoisotopic (exact) mass is 1220 g/mol. The minimum Gasteiger partial charge on any atom is -0.481 e. The van der Waals surface area contributed by atoms with Gasteiger partial charge in [-0.1, -0.05) is 194 Å². The van der Waals surface area contributed by atoms with E-state index in [1.807, 2.05) is 27.7 Å². The largest absolute Gasteiger partial charge is 0.481 e. The molecule has 4 aromatic rings. The Balaban J connectivity index is 0.000000148. The highest BCUT2D eigenvalue weighted by Gasteiger charge is 2.70. The van der Waals surface area contributed by atoms with Crippen molar-refractivity contribution in [2.24, 2.45) is 104 Å². The van der Waals surface area contributed by atoms with Gasteiger partial charge >= 0.3 is 11.9 Å². The Bertz CT molecular complexity index is 3090. The van der Waals surface area contributed by atoms with Crippen LogP contribution < -0.4 is 0 Å². The van der Waals surface area contributed by atoms with E-state index in [0.717, 1.165) is 70.6 Å². The standard InChI is InChI=1S/2C26H40O4.2C13H10.2C2H6/c1-15(6-9-22(29)30)18-7-8-19-23-20(13-21(28)26(18,19)5)25(4)11-10-17(27)12-16(25)14-24(23,2)3;1-15(6-9-22(29)30)18-7-8-19-23-20(14-24(2,3)26(18,19)5)25(4)11-10-17(27)12-16(25)13-21(23)28;2*1-3-7-12-10(5-1)9-11-6-2-4-8-13(11)12;2*1-2/h2*15-16,18-20,23H,6-14H2,1-5H3,(H,29,30);2*1-8H,9H2;2*1-2H3/t2*15-,16?,18-,19+,20+,23+,25+,26-;;;;/m11..../s1. The van der Waals surface area contributed by atoms with Crippen molar-refractivity contribution in [1.82, 2.24) is 0 Å². The molecule has 8 saturated carbocycles. The van der Waals surface area contributed by atoms with Crippen molar-refractivity contribution in [3.63, 3.8) is 0 Å². The summed E-state index contributed by atoms with van der Waals surface area (Å²) in [5, 5.41) is 18.3. The molecule has 14 rings (SSSR count). The summed E-state index contributed by atoms with van der Waals surface area (Å²) in [4.78, 5) is 74.0. The lowest BCUT2D eigenvalue weighted by atomic mass is 9.39. The van der Waals surface area contributed by atoms with Crippen LogP contribution in [0.2, 0.25) is 0 Å². The van der Waals surface area contributed by atoms with Crippen LogP contribution in [-0.2, 0) is 41.6 Å². The van der Waals surface area contributed by atoms with Crippen LogP contribution in [0.25, 0.3) is 22.3 Å². The number of hydrogen-bond acceptors (Lipinski definition) is 6. The van der Waals surface area contributed by atoms with Crippen LogP contribution in [0.1, 0.15) is 235 Å². The molecular weight excluding hydrogens is 1110 g/mol. The summed E-state index contributed by atoms with van der Waals surface area (Å²) in [6, 6.07) is 34.6. The van der Waals surface area contributed by atoms with E-state index in [-0.39, 0.29) is 63.1 Å². The Hall–Kier alpha value is -5.50. The van der Waals surface area contributed by atoms with Gasteiger partial charge in [-0.15, -0.1) is 0 Å². The highest BCUT2D eigenvalue weighted by Crippen LogP contribution is 2.74. The lowest BCUT2D eigenvalue weighted by molar-refractivity contribution is -0.181. The zero-order valence-electron chi connectivity index (χ0n) is 57.7. The molecule has 10 aliphatic rings. The Labute approximate surface area is 541 Å². The first-order valence-electron chi connectivity index (χ1n) is 35.6. The van der Waals surface area contributed by atoms with E-state index in [9.17, 15) is 33.9 Å². The van der Waals surface area contributed by atoms with Crippen molar-refractivity contribution in [2.45, 2.75) is 225 Å². The maximum absolute atomic E-state index is 13.8. The number of rotatable bonds is 8. The zero-order chi connectivity index (χ0) is 65.5. The molecule has 0 radical (unpaired) electrons. The molecule has 0 spiro atoms. The maximum atomic E-state index is 13.8. The van der Waals surface area contributed by atoms with Crippen LogP contribution in [0, 0.1) is 104 Å². The van der Waals surface area contributed by atoms with Gasteiger partial charge in [0.1, 0.15) is 23.1 Å². The summed E-state index contributed by atoms with van der Waals surface area (Å²) in [5.41, 5.74) is 11.7. The van der Waals surface area contributed by atoms with Gasteiger partial charge in [-0.3, -0.25) is 28.8 Å². The van der Waals surface area contributed by atoms with Gasteiger partial charge in [0, 0.05) is 62.7 Å². The van der Waals surface area contributed by atoms with Crippen molar-refractivity contribution in [3.05, 3.63) is 119 Å². The second-order valence-corrected chi connectivity index (χ2v) is 31.7. The highest BCUT2D eigenvalue weighted by molar-refractivity contribution is 5.88. The first-order chi connectivity index (χ1) is 42.7. The maximum Gasteiger partial charge on any atom is 0.303 e. The lowest BCUT2D eigenvalue weighted by Gasteiger charge is -2.65. The average molecular weight is 1230 g/mol. The third-order valence-electron chi connectivity index (χ3n) is 26.9. The molecule has 4 aromatic carbocycles. The number of carbonyl (C=O) groups is 6. The van der Waals surface area contributed by atoms with Gasteiger partial charge < -0.3 is 10.2 Å². The van der Waals surface area contributed by atoms with Gasteiger partial charge in [0.2, 0.25) is 0 Å². The van der Waals surface area contributed by atoms with Crippen molar-refractivity contribution in [3.8, 4) is 22.3 Å². The molecule has 8 fully saturated rings. The summed E-state index contributed by atoms with van der Waals surface area (Å²) in [6.07, 6.45) is 16.3. The molecule has 8 nitrogen and oxygen atoms in total. The molecule has 90 heavy (non-hydrogen) atoms. The second kappa shape index (κ2) is 27.2. The highest BCUT2D eigenvalue weighted by atomic mass is 16.4. The number of ketones is 4. The first kappa shape index (κ1) is 68.9. The number of carboxylic acid groups (broad SMARTS) is 2. The van der Waals surface area contributed by atoms with E-state index in [1.54, 1.807) is 0 Å². The number of hydrogen-bond donors (Lipinski definition) is 2. The molecule has 2 unspecified atom stereocenters. The molecular formula is C82H112O8. The van der Waals surface area contributed by atoms with Crippen molar-refractivity contribution >= 4 is 35.1 Å². The van der Waals surface area contributed by atoms with E-state index in [4.69, 9.17) is 5.11 Å². The fraction of sp³-hybridized carbons (Fsp3) is 0.634. The van der Waals surface area contributed by atoms with Crippen molar-refractivity contribution < 1.29 is 39.0 Å². The van der Waals surface area contributed by atoms with Crippen LogP contribution in [0.4, 0.5) is 0 Å². The summed E-state index contributed by atoms with van der Waals surface area (Å²) in [5.74, 6) is 4.41. The van der Waals surface area contributed by atoms with Gasteiger partial charge in [-0.25, -0.2) is 0 Å². The van der Waals surface area contributed by atoms with Gasteiger partial charge in [0.05, 0.1) is 0 Å². The Morgan fingerprint density at radius 1 is 0.489 bits per heavy atom. The summed E-state index contributed by atoms with van der Waals surface area (Å²) >= 11 is 0. The minimum atomic E-state index is -0.740. The molecule has 16 atom stereocenters. The van der Waals surface area contributed by atoms with Gasteiger partial charge in [-0.2, -0.15) is 0 Å². The zero-order valence-corrected chi connectivity index (χ0v) is 57.7. The molecule has 0 aliphatic heterocycles. The van der Waals surface area contributed by atoms with Crippen LogP contribution in [0.3, 0.4) is 0 Å². The first-order valence-corrected chi connectivity index (χ1v) is 35.6. The molecule has 2 N–H and O–H groups in total. The molecule has 0 saturated heterocycles. The van der Waals surface area contributed by atoms with Gasteiger partial charge in [0.25, 0.3) is 0 Å². The number of aliphatic carboxylic acids is 2. The van der Waals surface area contributed by atoms with Crippen LogP contribution in [-0.4, -0.2) is 45.3 Å². The normalized spacial score (nSPS) is 34.3. The molecule has 488 valence electrons. The molecule has 0 bridgehead atoms. The summed E-state index contributed by atoms with van der Waals surface area (Å²) in [7, 11) is 0. The average Bonchev–Trinajstić information content (AvgIpc) is 1.46. The Morgan fingerprint density at radius 2 is 0.900 bits per heavy atom. The van der Waals surface area contributed by atoms with Crippen molar-refractivity contribution in [1.29, 1.82) is 0 Å².